The molecule has 11 nitrogen and oxygen atoms in total. The molecule has 2 fully saturated rings. The summed E-state index contributed by atoms with van der Waals surface area (Å²) in [6, 6.07) is 35.3. The minimum Gasteiger partial charge on any atom is -0.481 e. The molecule has 0 aromatic heterocycles. The molecule has 4 aromatic carbocycles. The highest BCUT2D eigenvalue weighted by Crippen LogP contribution is 2.54. The van der Waals surface area contributed by atoms with Gasteiger partial charge in [0.2, 0.25) is 17.7 Å². The van der Waals surface area contributed by atoms with Gasteiger partial charge in [-0.3, -0.25) is 19.2 Å². The lowest BCUT2D eigenvalue weighted by molar-refractivity contribution is -0.139. The lowest BCUT2D eigenvalue weighted by Crippen LogP contribution is -2.42. The highest BCUT2D eigenvalue weighted by atomic mass is 16.4. The maximum absolute atomic E-state index is 12.7. The molecule has 0 saturated heterocycles. The van der Waals surface area contributed by atoms with Crippen molar-refractivity contribution in [3.8, 4) is 0 Å². The fourth-order valence-electron chi connectivity index (χ4n) is 7.16. The maximum atomic E-state index is 12.7. The smallest absolute Gasteiger partial charge is 0.307 e. The van der Waals surface area contributed by atoms with Crippen LogP contribution in [0.2, 0.25) is 0 Å². The normalized spacial score (nSPS) is 21.1. The second kappa shape index (κ2) is 20.9. The molecule has 2 aliphatic carbocycles. The van der Waals surface area contributed by atoms with E-state index in [-0.39, 0.29) is 42.0 Å². The number of nitrogens with zero attached hydrogens (tertiary/aromatic N) is 2. The Bertz CT molecular complexity index is 1940. The van der Waals surface area contributed by atoms with Crippen LogP contribution in [-0.4, -0.2) is 92.0 Å². The van der Waals surface area contributed by atoms with Crippen LogP contribution in [0.15, 0.2) is 109 Å². The van der Waals surface area contributed by atoms with E-state index in [1.165, 1.54) is 5.56 Å². The van der Waals surface area contributed by atoms with Gasteiger partial charge >= 0.3 is 5.97 Å². The van der Waals surface area contributed by atoms with Gasteiger partial charge < -0.3 is 37.4 Å². The number of nitrogens with one attached hydrogen (secondary N) is 1. The number of carboxylic acids is 1. The number of nitrogens with two attached hydrogens (primary N) is 3. The van der Waals surface area contributed by atoms with E-state index in [4.69, 9.17) is 22.3 Å². The number of carbonyl (C=O) groups excluding carboxylic acids is 3. The third-order valence-electron chi connectivity index (χ3n) is 11.6. The zero-order chi connectivity index (χ0) is 41.9. The molecule has 0 radical (unpaired) electrons. The van der Waals surface area contributed by atoms with Gasteiger partial charge in [0.25, 0.3) is 0 Å². The zero-order valence-electron chi connectivity index (χ0n) is 34.2. The molecule has 3 amide bonds. The lowest BCUT2D eigenvalue weighted by atomic mass is 9.95. The van der Waals surface area contributed by atoms with Crippen molar-refractivity contribution in [3.05, 3.63) is 143 Å². The topological polar surface area (TPSA) is 185 Å². The quantitative estimate of drug-likeness (QED) is 0.108. The first-order valence-corrected chi connectivity index (χ1v) is 19.4. The van der Waals surface area contributed by atoms with Crippen molar-refractivity contribution in [1.82, 2.24) is 15.1 Å². The molecule has 0 bridgehead atoms. The summed E-state index contributed by atoms with van der Waals surface area (Å²) in [5, 5.41) is 12.0. The molecule has 6 rings (SSSR count). The standard InChI is InChI=1S/C23H29N3O2.C12H19N3O.C11H12O2.CH4/c1-23(18-7-5-4-6-8-18)14-20(23)22(28)25-15-19(26(2)3)13-16-9-11-17(12-10-16)21(24)27;1-15(2)11(8-13)7-9-3-5-10(6-4-9)12(14)16;1-11(7-9(11)10(12)13)8-5-3-2-4-6-8;/h4-12,19-20H,13-15H2,1-3H3,(H2,24,27)(H,25,28);3-6,11H,7-8,13H2,1-2H3,(H2,14,16);2-6,9H,7H2,1H3,(H,12,13);1H4/t19-,20-,23+;11-;9-,11+;/m000./s1. The van der Waals surface area contributed by atoms with Crippen LogP contribution in [0.4, 0.5) is 0 Å². The summed E-state index contributed by atoms with van der Waals surface area (Å²) in [5.74, 6) is -1.51. The van der Waals surface area contributed by atoms with Crippen LogP contribution in [0.5, 0.6) is 0 Å². The minimum absolute atomic E-state index is 0. The number of benzene rings is 4. The van der Waals surface area contributed by atoms with Crippen molar-refractivity contribution >= 4 is 23.7 Å². The first-order valence-electron chi connectivity index (χ1n) is 19.4. The summed E-state index contributed by atoms with van der Waals surface area (Å²) in [7, 11) is 8.05. The van der Waals surface area contributed by atoms with Gasteiger partial charge in [0.05, 0.1) is 5.92 Å². The van der Waals surface area contributed by atoms with E-state index in [9.17, 15) is 19.2 Å². The van der Waals surface area contributed by atoms with E-state index >= 15 is 0 Å². The van der Waals surface area contributed by atoms with Gasteiger partial charge in [0.15, 0.2) is 0 Å². The fraction of sp³-hybridized carbons (Fsp3) is 0.404. The van der Waals surface area contributed by atoms with Crippen LogP contribution in [0.3, 0.4) is 0 Å². The third kappa shape index (κ3) is 12.6. The second-order valence-electron chi connectivity index (χ2n) is 16.2. The molecule has 0 heterocycles. The van der Waals surface area contributed by atoms with Crippen molar-refractivity contribution in [2.75, 3.05) is 41.3 Å². The monoisotopic (exact) mass is 792 g/mol. The molecule has 2 aliphatic rings. The molecular formula is C47H64N6O5. The third-order valence-corrected chi connectivity index (χ3v) is 11.6. The van der Waals surface area contributed by atoms with Crippen LogP contribution >= 0.6 is 0 Å². The Labute approximate surface area is 345 Å². The molecular weight excluding hydrogens is 729 g/mol. The molecule has 2 saturated carbocycles. The Morgan fingerprint density at radius 3 is 1.38 bits per heavy atom. The fourth-order valence-corrected chi connectivity index (χ4v) is 7.16. The van der Waals surface area contributed by atoms with E-state index in [1.807, 2.05) is 108 Å². The van der Waals surface area contributed by atoms with Gasteiger partial charge in [-0.1, -0.05) is 106 Å². The molecule has 0 unspecified atom stereocenters. The Balaban J connectivity index is 0.000000254. The van der Waals surface area contributed by atoms with Gasteiger partial charge in [-0.05, 0) is 100 Å². The molecule has 0 aliphatic heterocycles. The summed E-state index contributed by atoms with van der Waals surface area (Å²) in [6.45, 7) is 5.38. The summed E-state index contributed by atoms with van der Waals surface area (Å²) in [6.07, 6.45) is 3.33. The molecule has 6 atom stereocenters. The Morgan fingerprint density at radius 1 is 0.655 bits per heavy atom. The zero-order valence-corrected chi connectivity index (χ0v) is 34.2. The predicted molar refractivity (Wildman–Crippen MR) is 233 cm³/mol. The van der Waals surface area contributed by atoms with E-state index in [0.717, 1.165) is 42.4 Å². The van der Waals surface area contributed by atoms with E-state index in [2.05, 4.69) is 34.2 Å². The number of hydrogen-bond acceptors (Lipinski definition) is 7. The number of hydrogen-bond donors (Lipinski definition) is 5. The number of rotatable bonds is 15. The summed E-state index contributed by atoms with van der Waals surface area (Å²) in [4.78, 5) is 49.8. The van der Waals surface area contributed by atoms with E-state index < -0.39 is 17.8 Å². The van der Waals surface area contributed by atoms with Crippen molar-refractivity contribution in [3.63, 3.8) is 0 Å². The van der Waals surface area contributed by atoms with Crippen molar-refractivity contribution in [2.24, 2.45) is 29.0 Å². The van der Waals surface area contributed by atoms with Crippen LogP contribution in [0.25, 0.3) is 0 Å². The Kier molecular flexibility index (Phi) is 16.9. The summed E-state index contributed by atoms with van der Waals surface area (Å²) >= 11 is 0. The van der Waals surface area contributed by atoms with Crippen LogP contribution in [-0.2, 0) is 33.3 Å². The van der Waals surface area contributed by atoms with Gasteiger partial charge in [-0.15, -0.1) is 0 Å². The number of likely N-dealkylation sites (N-methyl/N-ethyl adjacent to an activating group) is 2. The Morgan fingerprint density at radius 2 is 1.03 bits per heavy atom. The first kappa shape index (κ1) is 47.0. The van der Waals surface area contributed by atoms with Crippen LogP contribution < -0.4 is 22.5 Å². The van der Waals surface area contributed by atoms with E-state index in [0.29, 0.717) is 30.3 Å². The number of primary amides is 2. The van der Waals surface area contributed by atoms with Crippen molar-refractivity contribution < 1.29 is 24.3 Å². The summed E-state index contributed by atoms with van der Waals surface area (Å²) in [5.41, 5.74) is 21.7. The van der Waals surface area contributed by atoms with Crippen LogP contribution in [0, 0.1) is 11.8 Å². The molecule has 0 spiro atoms. The van der Waals surface area contributed by atoms with Gasteiger partial charge in [-0.2, -0.15) is 0 Å². The highest BCUT2D eigenvalue weighted by Gasteiger charge is 2.56. The lowest BCUT2D eigenvalue weighted by Gasteiger charge is -2.25. The van der Waals surface area contributed by atoms with Gasteiger partial charge in [-0.25, -0.2) is 0 Å². The molecule has 4 aromatic rings. The molecule has 8 N–H and O–H groups in total. The molecule has 58 heavy (non-hydrogen) atoms. The number of amides is 3. The average Bonchev–Trinajstić information content (AvgIpc) is 4.11. The average molecular weight is 793 g/mol. The van der Waals surface area contributed by atoms with Gasteiger partial charge in [0.1, 0.15) is 0 Å². The summed E-state index contributed by atoms with van der Waals surface area (Å²) < 4.78 is 0. The predicted octanol–water partition coefficient (Wildman–Crippen LogP) is 5.25. The Hall–Kier alpha value is -5.36. The largest absolute Gasteiger partial charge is 0.481 e. The number of aliphatic carboxylic acids is 1. The SMILES string of the molecule is C.CN(C)[C@H](CN)Cc1ccc(C(N)=O)cc1.CN(C)[C@H](CNC(=O)[C@@H]1C[C@]1(C)c1ccccc1)Cc1ccc(C(N)=O)cc1.C[C@]1(c2ccccc2)C[C@H]1C(=O)O. The highest BCUT2D eigenvalue weighted by molar-refractivity contribution is 5.93. The number of carboxylic acid groups (broad SMARTS) is 1. The van der Waals surface area contributed by atoms with E-state index in [1.54, 1.807) is 24.3 Å². The minimum atomic E-state index is -0.675. The van der Waals surface area contributed by atoms with Crippen molar-refractivity contribution in [1.29, 1.82) is 0 Å². The van der Waals surface area contributed by atoms with Crippen LogP contribution in [0.1, 0.15) is 77.1 Å². The molecule has 11 heteroatoms. The molecule has 312 valence electrons. The second-order valence-corrected chi connectivity index (χ2v) is 16.2. The van der Waals surface area contributed by atoms with Crippen molar-refractivity contribution in [2.45, 2.75) is 69.9 Å². The number of carbonyl (C=O) groups is 4. The first-order chi connectivity index (χ1) is 27.0. The maximum Gasteiger partial charge on any atom is 0.307 e. The van der Waals surface area contributed by atoms with Gasteiger partial charge in [0, 0.05) is 53.0 Å².